The molecule has 0 spiro atoms. The van der Waals surface area contributed by atoms with Crippen LogP contribution >= 0.6 is 10.0 Å². The molecule has 1 aliphatic rings. The van der Waals surface area contributed by atoms with Gasteiger partial charge in [-0.05, 0) is 0 Å². The first-order valence-electron chi connectivity index (χ1n) is 3.03. The fourth-order valence-electron chi connectivity index (χ4n) is 1.05. The van der Waals surface area contributed by atoms with Crippen LogP contribution < -0.4 is 0 Å². The van der Waals surface area contributed by atoms with Crippen LogP contribution in [0.3, 0.4) is 0 Å². The summed E-state index contributed by atoms with van der Waals surface area (Å²) in [6.45, 7) is 0. The summed E-state index contributed by atoms with van der Waals surface area (Å²) in [5, 5.41) is 2.78. The van der Waals surface area contributed by atoms with Crippen LogP contribution in [0.2, 0.25) is 10.6 Å². The van der Waals surface area contributed by atoms with Gasteiger partial charge in [0, 0.05) is 0 Å². The van der Waals surface area contributed by atoms with Crippen LogP contribution in [-0.2, 0) is 0 Å². The molecule has 0 N–H and O–H groups in total. The maximum absolute atomic E-state index is 5.96. The van der Waals surface area contributed by atoms with Gasteiger partial charge in [-0.2, -0.15) is 0 Å². The molecule has 0 atom stereocenters. The SMILES string of the molecule is [Ca+2].[Cl][Al]1[CH2]CCC[CH2]1.[H-].[H-]. The van der Waals surface area contributed by atoms with Crippen LogP contribution in [0.1, 0.15) is 22.1 Å². The summed E-state index contributed by atoms with van der Waals surface area (Å²) in [6, 6.07) is 0. The maximum Gasteiger partial charge on any atom is 2.00 e. The summed E-state index contributed by atoms with van der Waals surface area (Å²) in [7, 11) is 5.96. The molecule has 1 heterocycles. The van der Waals surface area contributed by atoms with E-state index in [1.165, 1.54) is 29.8 Å². The number of halogens is 1. The van der Waals surface area contributed by atoms with Crippen molar-refractivity contribution in [2.75, 3.05) is 0 Å². The Bertz CT molecular complexity index is 61.6. The Balaban J connectivity index is -0.000000163. The Morgan fingerprint density at radius 3 is 1.88 bits per heavy atom. The minimum absolute atomic E-state index is 0. The molecule has 1 aliphatic heterocycles. The third kappa shape index (κ3) is 3.99. The fraction of sp³-hybridized carbons (Fsp3) is 1.00. The average Bonchev–Trinajstić information content (AvgIpc) is 1.69. The molecule has 0 radical (unpaired) electrons. The van der Waals surface area contributed by atoms with Gasteiger partial charge < -0.3 is 2.85 Å². The van der Waals surface area contributed by atoms with Crippen molar-refractivity contribution in [2.45, 2.75) is 29.8 Å². The molecule has 0 aromatic heterocycles. The van der Waals surface area contributed by atoms with Crippen molar-refractivity contribution in [2.24, 2.45) is 0 Å². The molecule has 44 valence electrons. The Morgan fingerprint density at radius 2 is 1.62 bits per heavy atom. The first-order chi connectivity index (χ1) is 3.39. The van der Waals surface area contributed by atoms with Gasteiger partial charge in [0.25, 0.3) is 0 Å². The topological polar surface area (TPSA) is 0 Å². The number of hydrogen-bond donors (Lipinski definition) is 0. The smallest absolute Gasteiger partial charge is 1.00 e. The van der Waals surface area contributed by atoms with Crippen LogP contribution in [0, 0.1) is 0 Å². The van der Waals surface area contributed by atoms with Gasteiger partial charge in [0.1, 0.15) is 0 Å². The van der Waals surface area contributed by atoms with Gasteiger partial charge in [-0.15, -0.1) is 0 Å². The van der Waals surface area contributed by atoms with E-state index in [0.717, 1.165) is 0 Å². The predicted molar refractivity (Wildman–Crippen MR) is 43.1 cm³/mol. The van der Waals surface area contributed by atoms with E-state index in [1.807, 2.05) is 0 Å². The van der Waals surface area contributed by atoms with Crippen LogP contribution in [0.15, 0.2) is 0 Å². The van der Waals surface area contributed by atoms with E-state index in [-0.39, 0.29) is 40.6 Å². The van der Waals surface area contributed by atoms with Crippen molar-refractivity contribution in [3.63, 3.8) is 0 Å². The normalized spacial score (nSPS) is 19.9. The van der Waals surface area contributed by atoms with Crippen LogP contribution in [0.5, 0.6) is 0 Å². The monoisotopic (exact) mass is 174 g/mol. The zero-order valence-corrected chi connectivity index (χ0v) is 9.32. The standard InChI is InChI=1S/C5H10.Al.Ca.ClH.2H/c1-3-5-4-2;;;;;/h1-5H2;;;1H;;/q;+1;+2;;2*-1/p-1. The van der Waals surface area contributed by atoms with Crippen molar-refractivity contribution in [3.05, 3.63) is 0 Å². The largest absolute Gasteiger partial charge is 2.00 e. The average molecular weight is 175 g/mol. The Labute approximate surface area is 92.5 Å². The van der Waals surface area contributed by atoms with Gasteiger partial charge in [-0.3, -0.25) is 10.0 Å². The quantitative estimate of drug-likeness (QED) is 0.495. The Kier molecular flexibility index (Phi) is 7.36. The molecule has 0 bridgehead atoms. The molecule has 1 fully saturated rings. The molecule has 0 saturated carbocycles. The summed E-state index contributed by atoms with van der Waals surface area (Å²) >= 11 is -0.622. The maximum atomic E-state index is 5.96. The summed E-state index contributed by atoms with van der Waals surface area (Å²) in [5.41, 5.74) is 0. The number of rotatable bonds is 0. The van der Waals surface area contributed by atoms with Crippen molar-refractivity contribution >= 4 is 61.0 Å². The third-order valence-corrected chi connectivity index (χ3v) is 4.91. The summed E-state index contributed by atoms with van der Waals surface area (Å²) in [5.74, 6) is 0. The van der Waals surface area contributed by atoms with Crippen molar-refractivity contribution < 1.29 is 2.85 Å². The zero-order chi connectivity index (χ0) is 5.11. The first kappa shape index (κ1) is 10.1. The molecule has 0 amide bonds. The molecule has 0 aromatic carbocycles. The molecule has 1 saturated heterocycles. The van der Waals surface area contributed by atoms with Gasteiger partial charge in [0.15, 0.2) is 0 Å². The van der Waals surface area contributed by atoms with E-state index < -0.39 is 13.2 Å². The van der Waals surface area contributed by atoms with E-state index in [0.29, 0.717) is 0 Å². The van der Waals surface area contributed by atoms with E-state index in [4.69, 9.17) is 10.0 Å². The summed E-state index contributed by atoms with van der Waals surface area (Å²) in [4.78, 5) is 0. The Morgan fingerprint density at radius 1 is 1.12 bits per heavy atom. The van der Waals surface area contributed by atoms with E-state index in [1.54, 1.807) is 0 Å². The van der Waals surface area contributed by atoms with Crippen LogP contribution in [0.4, 0.5) is 0 Å². The fourth-order valence-corrected chi connectivity index (χ4v) is 3.73. The predicted octanol–water partition coefficient (Wildman–Crippen LogP) is 2.24. The van der Waals surface area contributed by atoms with Gasteiger partial charge in [-0.25, -0.2) is 0 Å². The molecule has 0 aromatic rings. The molecule has 8 heavy (non-hydrogen) atoms. The molecule has 0 aliphatic carbocycles. The second-order valence-electron chi connectivity index (χ2n) is 2.24. The van der Waals surface area contributed by atoms with Crippen molar-refractivity contribution in [1.82, 2.24) is 0 Å². The van der Waals surface area contributed by atoms with Crippen molar-refractivity contribution in [1.29, 1.82) is 0 Å². The molecular weight excluding hydrogens is 163 g/mol. The van der Waals surface area contributed by atoms with E-state index >= 15 is 0 Å². The van der Waals surface area contributed by atoms with E-state index in [2.05, 4.69) is 0 Å². The van der Waals surface area contributed by atoms with Crippen LogP contribution in [0.25, 0.3) is 0 Å². The number of hydrogen-bond acceptors (Lipinski definition) is 0. The minimum atomic E-state index is -0.622. The minimum Gasteiger partial charge on any atom is -1.00 e. The van der Waals surface area contributed by atoms with E-state index in [9.17, 15) is 0 Å². The molecule has 0 unspecified atom stereocenters. The second-order valence-corrected chi connectivity index (χ2v) is 6.44. The molecule has 1 rings (SSSR count). The van der Waals surface area contributed by atoms with Gasteiger partial charge in [-0.1, -0.05) is 29.8 Å². The van der Waals surface area contributed by atoms with Crippen molar-refractivity contribution in [3.8, 4) is 0 Å². The first-order valence-corrected chi connectivity index (χ1v) is 6.41. The zero-order valence-electron chi connectivity index (χ0n) is 7.20. The van der Waals surface area contributed by atoms with Crippen LogP contribution in [-0.4, -0.2) is 51.0 Å². The summed E-state index contributed by atoms with van der Waals surface area (Å²) in [6.07, 6.45) is 4.27. The Hall–Kier alpha value is 2.08. The summed E-state index contributed by atoms with van der Waals surface area (Å²) < 4.78 is 0. The second kappa shape index (κ2) is 5.84. The molecule has 0 nitrogen and oxygen atoms in total. The van der Waals surface area contributed by atoms with Gasteiger partial charge in [0.2, 0.25) is 0 Å². The van der Waals surface area contributed by atoms with Gasteiger partial charge in [0.05, 0.1) is 0 Å². The molecular formula is C5H12AlCaCl. The third-order valence-electron chi connectivity index (χ3n) is 1.53. The van der Waals surface area contributed by atoms with Gasteiger partial charge >= 0.3 is 51.0 Å². The molecule has 3 heteroatoms.